The summed E-state index contributed by atoms with van der Waals surface area (Å²) in [5.41, 5.74) is 3.65. The number of fused-ring (bicyclic) bond motifs is 1. The smallest absolute Gasteiger partial charge is 0.128 e. The van der Waals surface area contributed by atoms with Gasteiger partial charge < -0.3 is 14.0 Å². The van der Waals surface area contributed by atoms with Crippen molar-refractivity contribution in [3.8, 4) is 11.5 Å². The number of hydrogen-bond donors (Lipinski definition) is 0. The molecule has 0 saturated heterocycles. The maximum absolute atomic E-state index is 5.87. The molecule has 3 aromatic rings. The molecule has 3 nitrogen and oxygen atoms in total. The Morgan fingerprint density at radius 2 is 1.81 bits per heavy atom. The second-order valence-corrected chi connectivity index (χ2v) is 5.22. The molecule has 0 radical (unpaired) electrons. The van der Waals surface area contributed by atoms with Gasteiger partial charge in [0.15, 0.2) is 0 Å². The number of methoxy groups -OCH3 is 1. The van der Waals surface area contributed by atoms with E-state index in [4.69, 9.17) is 9.47 Å². The van der Waals surface area contributed by atoms with Crippen LogP contribution in [-0.2, 0) is 13.7 Å². The number of hydrogen-bond acceptors (Lipinski definition) is 2. The molecule has 3 rings (SSSR count). The van der Waals surface area contributed by atoms with Crippen molar-refractivity contribution in [3.63, 3.8) is 0 Å². The molecule has 1 aromatic heterocycles. The summed E-state index contributed by atoms with van der Waals surface area (Å²) in [4.78, 5) is 0. The number of benzene rings is 2. The average molecular weight is 281 g/mol. The Bertz CT molecular complexity index is 774. The number of aromatic nitrogens is 1. The largest absolute Gasteiger partial charge is 0.497 e. The molecule has 0 aliphatic rings. The molecular weight excluding hydrogens is 262 g/mol. The lowest BCUT2D eigenvalue weighted by Crippen LogP contribution is -2.01. The third-order valence-electron chi connectivity index (χ3n) is 3.73. The minimum Gasteiger partial charge on any atom is -0.497 e. The lowest BCUT2D eigenvalue weighted by Gasteiger charge is -2.08. The summed E-state index contributed by atoms with van der Waals surface area (Å²) in [5.74, 6) is 1.62. The first-order valence-electron chi connectivity index (χ1n) is 6.99. The fourth-order valence-corrected chi connectivity index (χ4v) is 2.51. The van der Waals surface area contributed by atoms with Gasteiger partial charge in [-0.3, -0.25) is 0 Å². The molecule has 0 fully saturated rings. The highest BCUT2D eigenvalue weighted by molar-refractivity contribution is 5.82. The topological polar surface area (TPSA) is 23.4 Å². The fraction of sp³-hybridized carbons (Fsp3) is 0.222. The molecule has 0 aliphatic heterocycles. The number of rotatable bonds is 4. The van der Waals surface area contributed by atoms with Crippen LogP contribution in [0, 0.1) is 6.92 Å². The van der Waals surface area contributed by atoms with Crippen molar-refractivity contribution in [2.45, 2.75) is 13.5 Å². The average Bonchev–Trinajstić information content (AvgIpc) is 2.81. The monoisotopic (exact) mass is 281 g/mol. The van der Waals surface area contributed by atoms with E-state index in [-0.39, 0.29) is 0 Å². The zero-order chi connectivity index (χ0) is 14.8. The van der Waals surface area contributed by atoms with Crippen molar-refractivity contribution in [2.75, 3.05) is 7.11 Å². The molecule has 3 heteroatoms. The van der Waals surface area contributed by atoms with Crippen molar-refractivity contribution in [1.29, 1.82) is 0 Å². The Labute approximate surface area is 124 Å². The van der Waals surface area contributed by atoms with Crippen molar-refractivity contribution >= 4 is 10.9 Å². The molecule has 21 heavy (non-hydrogen) atoms. The van der Waals surface area contributed by atoms with Gasteiger partial charge in [0.2, 0.25) is 0 Å². The van der Waals surface area contributed by atoms with E-state index in [1.807, 2.05) is 24.3 Å². The molecule has 0 spiro atoms. The van der Waals surface area contributed by atoms with Crippen molar-refractivity contribution < 1.29 is 9.47 Å². The Morgan fingerprint density at radius 1 is 1.00 bits per heavy atom. The minimum absolute atomic E-state index is 0.539. The maximum Gasteiger partial charge on any atom is 0.128 e. The van der Waals surface area contributed by atoms with Crippen LogP contribution in [0.1, 0.15) is 11.3 Å². The number of ether oxygens (including phenoxy) is 2. The van der Waals surface area contributed by atoms with E-state index in [0.29, 0.717) is 6.61 Å². The molecule has 0 unspecified atom stereocenters. The van der Waals surface area contributed by atoms with E-state index in [1.165, 1.54) is 16.5 Å². The Kier molecular flexibility index (Phi) is 3.57. The van der Waals surface area contributed by atoms with Crippen molar-refractivity contribution in [3.05, 3.63) is 59.8 Å². The predicted octanol–water partition coefficient (Wildman–Crippen LogP) is 4.07. The first-order chi connectivity index (χ1) is 10.2. The van der Waals surface area contributed by atoms with Gasteiger partial charge in [-0.05, 0) is 37.3 Å². The normalized spacial score (nSPS) is 10.8. The number of nitrogens with zero attached hydrogens (tertiary/aromatic N) is 1. The second kappa shape index (κ2) is 5.52. The van der Waals surface area contributed by atoms with Crippen LogP contribution in [0.5, 0.6) is 11.5 Å². The van der Waals surface area contributed by atoms with Crippen LogP contribution in [0.2, 0.25) is 0 Å². The number of aryl methyl sites for hydroxylation is 2. The first-order valence-corrected chi connectivity index (χ1v) is 6.99. The molecule has 0 N–H and O–H groups in total. The van der Waals surface area contributed by atoms with Crippen LogP contribution in [0.3, 0.4) is 0 Å². The molecule has 0 bridgehead atoms. The minimum atomic E-state index is 0.539. The molecule has 2 aromatic carbocycles. The molecular formula is C18H19NO2. The molecule has 0 saturated carbocycles. The van der Waals surface area contributed by atoms with Crippen LogP contribution < -0.4 is 9.47 Å². The summed E-state index contributed by atoms with van der Waals surface area (Å²) in [7, 11) is 3.73. The first kappa shape index (κ1) is 13.6. The summed E-state index contributed by atoms with van der Waals surface area (Å²) in [5, 5.41) is 1.25. The van der Waals surface area contributed by atoms with E-state index in [0.717, 1.165) is 17.2 Å². The van der Waals surface area contributed by atoms with Gasteiger partial charge in [-0.15, -0.1) is 0 Å². The highest BCUT2D eigenvalue weighted by Gasteiger charge is 2.07. The van der Waals surface area contributed by atoms with Gasteiger partial charge in [0.25, 0.3) is 0 Å². The third-order valence-corrected chi connectivity index (χ3v) is 3.73. The van der Waals surface area contributed by atoms with Crippen molar-refractivity contribution in [2.24, 2.45) is 7.05 Å². The van der Waals surface area contributed by atoms with E-state index < -0.39 is 0 Å². The summed E-state index contributed by atoms with van der Waals surface area (Å²) in [6.45, 7) is 2.65. The Morgan fingerprint density at radius 3 is 2.62 bits per heavy atom. The van der Waals surface area contributed by atoms with E-state index >= 15 is 0 Å². The van der Waals surface area contributed by atoms with E-state index in [2.05, 4.69) is 42.8 Å². The van der Waals surface area contributed by atoms with Crippen LogP contribution in [0.4, 0.5) is 0 Å². The summed E-state index contributed by atoms with van der Waals surface area (Å²) in [6, 6.07) is 16.3. The quantitative estimate of drug-likeness (QED) is 0.719. The van der Waals surface area contributed by atoms with Gasteiger partial charge in [0.1, 0.15) is 18.1 Å². The van der Waals surface area contributed by atoms with E-state index in [9.17, 15) is 0 Å². The van der Waals surface area contributed by atoms with Gasteiger partial charge in [0, 0.05) is 24.0 Å². The zero-order valence-corrected chi connectivity index (χ0v) is 12.6. The molecule has 0 amide bonds. The van der Waals surface area contributed by atoms with Gasteiger partial charge in [-0.2, -0.15) is 0 Å². The van der Waals surface area contributed by atoms with Gasteiger partial charge in [-0.25, -0.2) is 0 Å². The summed E-state index contributed by atoms with van der Waals surface area (Å²) in [6.07, 6.45) is 0. The molecule has 108 valence electrons. The lowest BCUT2D eigenvalue weighted by molar-refractivity contribution is 0.295. The fourth-order valence-electron chi connectivity index (χ4n) is 2.51. The third kappa shape index (κ3) is 2.72. The zero-order valence-electron chi connectivity index (χ0n) is 12.6. The van der Waals surface area contributed by atoms with Gasteiger partial charge in [0.05, 0.1) is 12.8 Å². The van der Waals surface area contributed by atoms with Crippen LogP contribution in [0.25, 0.3) is 10.9 Å². The molecule has 0 atom stereocenters. The summed E-state index contributed by atoms with van der Waals surface area (Å²) < 4.78 is 13.3. The van der Waals surface area contributed by atoms with Gasteiger partial charge >= 0.3 is 0 Å². The lowest BCUT2D eigenvalue weighted by atomic mass is 10.2. The molecule has 0 aliphatic carbocycles. The predicted molar refractivity (Wildman–Crippen MR) is 85.0 cm³/mol. The van der Waals surface area contributed by atoms with E-state index in [1.54, 1.807) is 7.11 Å². The SMILES string of the molecule is COc1cccc(OCc2cc3cc(C)ccc3n2C)c1. The van der Waals surface area contributed by atoms with Crippen LogP contribution >= 0.6 is 0 Å². The standard InChI is InChI=1S/C18H19NO2/c1-13-7-8-18-14(9-13)10-15(19(18)2)12-21-17-6-4-5-16(11-17)20-3/h4-11H,12H2,1-3H3. The Balaban J connectivity index is 1.83. The van der Waals surface area contributed by atoms with Crippen LogP contribution in [-0.4, -0.2) is 11.7 Å². The van der Waals surface area contributed by atoms with Gasteiger partial charge in [-0.1, -0.05) is 17.7 Å². The second-order valence-electron chi connectivity index (χ2n) is 5.22. The van der Waals surface area contributed by atoms with Crippen molar-refractivity contribution in [1.82, 2.24) is 4.57 Å². The summed E-state index contributed by atoms with van der Waals surface area (Å²) >= 11 is 0. The van der Waals surface area contributed by atoms with Crippen LogP contribution in [0.15, 0.2) is 48.5 Å². The Hall–Kier alpha value is -2.42. The highest BCUT2D eigenvalue weighted by atomic mass is 16.5. The highest BCUT2D eigenvalue weighted by Crippen LogP contribution is 2.23. The molecule has 1 heterocycles. The maximum atomic E-state index is 5.87.